The number of ether oxygens (including phenoxy) is 2. The molecular formula is C23H30F2N4O3. The molecule has 0 saturated heterocycles. The van der Waals surface area contributed by atoms with Gasteiger partial charge in [0.05, 0.1) is 13.2 Å². The molecule has 2 rings (SSSR count). The molecule has 0 radical (unpaired) electrons. The normalized spacial score (nSPS) is 11.2. The Hall–Kier alpha value is -3.36. The quantitative estimate of drug-likeness (QED) is 0.343. The largest absolute Gasteiger partial charge is 0.493 e. The molecule has 0 aliphatic rings. The molecule has 0 heterocycles. The van der Waals surface area contributed by atoms with Crippen LogP contribution in [0.15, 0.2) is 53.5 Å². The number of alkyl halides is 2. The molecular weight excluding hydrogens is 418 g/mol. The number of halogens is 2. The summed E-state index contributed by atoms with van der Waals surface area (Å²) in [6.07, 6.45) is 1.54. The van der Waals surface area contributed by atoms with E-state index in [9.17, 15) is 13.6 Å². The summed E-state index contributed by atoms with van der Waals surface area (Å²) >= 11 is 0. The van der Waals surface area contributed by atoms with Crippen LogP contribution < -0.4 is 25.4 Å². The summed E-state index contributed by atoms with van der Waals surface area (Å²) in [7, 11) is 1.56. The Balaban J connectivity index is 1.82. The van der Waals surface area contributed by atoms with Gasteiger partial charge in [0.15, 0.2) is 5.96 Å². The molecule has 3 N–H and O–H groups in total. The molecule has 0 spiro atoms. The Morgan fingerprint density at radius 1 is 1.09 bits per heavy atom. The lowest BCUT2D eigenvalue weighted by Crippen LogP contribution is -2.43. The fourth-order valence-corrected chi connectivity index (χ4v) is 2.81. The highest BCUT2D eigenvalue weighted by atomic mass is 19.3. The average molecular weight is 449 g/mol. The van der Waals surface area contributed by atoms with E-state index in [0.29, 0.717) is 30.4 Å². The molecule has 0 fully saturated rings. The summed E-state index contributed by atoms with van der Waals surface area (Å²) in [4.78, 5) is 16.1. The van der Waals surface area contributed by atoms with Gasteiger partial charge < -0.3 is 25.4 Å². The first kappa shape index (κ1) is 24.9. The Kier molecular flexibility index (Phi) is 10.8. The molecule has 2 aromatic rings. The zero-order chi connectivity index (χ0) is 23.2. The van der Waals surface area contributed by atoms with Crippen molar-refractivity contribution in [1.82, 2.24) is 16.0 Å². The maximum absolute atomic E-state index is 12.8. The maximum Gasteiger partial charge on any atom is 0.387 e. The average Bonchev–Trinajstić information content (AvgIpc) is 2.79. The molecule has 0 aliphatic heterocycles. The lowest BCUT2D eigenvalue weighted by Gasteiger charge is -2.16. The first-order valence-corrected chi connectivity index (χ1v) is 10.5. The Labute approximate surface area is 187 Å². The van der Waals surface area contributed by atoms with Crippen LogP contribution in [0.25, 0.3) is 0 Å². The van der Waals surface area contributed by atoms with Gasteiger partial charge in [-0.1, -0.05) is 37.3 Å². The van der Waals surface area contributed by atoms with Crippen molar-refractivity contribution in [3.63, 3.8) is 0 Å². The van der Waals surface area contributed by atoms with Gasteiger partial charge in [0, 0.05) is 31.8 Å². The molecule has 0 bridgehead atoms. The summed E-state index contributed by atoms with van der Waals surface area (Å²) < 4.78 is 35.7. The van der Waals surface area contributed by atoms with Crippen LogP contribution in [0.2, 0.25) is 0 Å². The molecule has 0 saturated carbocycles. The number of benzene rings is 2. The van der Waals surface area contributed by atoms with Crippen molar-refractivity contribution in [2.45, 2.75) is 32.9 Å². The van der Waals surface area contributed by atoms with Crippen molar-refractivity contribution in [2.24, 2.45) is 4.99 Å². The minimum Gasteiger partial charge on any atom is -0.493 e. The van der Waals surface area contributed by atoms with Gasteiger partial charge in [-0.2, -0.15) is 8.78 Å². The van der Waals surface area contributed by atoms with Gasteiger partial charge in [0.1, 0.15) is 11.5 Å². The number of hydrogen-bond acceptors (Lipinski definition) is 4. The first-order chi connectivity index (χ1) is 15.5. The van der Waals surface area contributed by atoms with Crippen LogP contribution in [0.1, 0.15) is 24.5 Å². The van der Waals surface area contributed by atoms with E-state index in [1.165, 1.54) is 6.07 Å². The van der Waals surface area contributed by atoms with Gasteiger partial charge in [-0.05, 0) is 30.5 Å². The summed E-state index contributed by atoms with van der Waals surface area (Å²) in [6, 6.07) is 14.7. The second-order valence-corrected chi connectivity index (χ2v) is 6.86. The van der Waals surface area contributed by atoms with Gasteiger partial charge in [-0.15, -0.1) is 0 Å². The fraction of sp³-hybridized carbons (Fsp3) is 0.391. The minimum atomic E-state index is -2.95. The summed E-state index contributed by atoms with van der Waals surface area (Å²) in [5, 5.41) is 8.73. The van der Waals surface area contributed by atoms with Gasteiger partial charge in [0.25, 0.3) is 0 Å². The van der Waals surface area contributed by atoms with E-state index >= 15 is 0 Å². The van der Waals surface area contributed by atoms with Crippen molar-refractivity contribution in [1.29, 1.82) is 0 Å². The van der Waals surface area contributed by atoms with E-state index in [-0.39, 0.29) is 24.7 Å². The Morgan fingerprint density at radius 3 is 2.56 bits per heavy atom. The number of nitrogens with one attached hydrogen (secondary N) is 3. The third kappa shape index (κ3) is 9.20. The molecule has 2 aromatic carbocycles. The van der Waals surface area contributed by atoms with Crippen LogP contribution >= 0.6 is 0 Å². The fourth-order valence-electron chi connectivity index (χ4n) is 2.81. The van der Waals surface area contributed by atoms with Crippen molar-refractivity contribution in [2.75, 3.05) is 26.7 Å². The van der Waals surface area contributed by atoms with E-state index < -0.39 is 6.61 Å². The van der Waals surface area contributed by atoms with Crippen LogP contribution in [0.3, 0.4) is 0 Å². The third-order valence-electron chi connectivity index (χ3n) is 4.39. The number of rotatable bonds is 12. The van der Waals surface area contributed by atoms with Gasteiger partial charge in [-0.25, -0.2) is 0 Å². The standard InChI is InChI=1S/C23H30F2N4O3/c1-3-13-31-19-10-9-18(20(14-19)32-22(24)25)15-28-23(26-2)29-16-21(30)27-12-11-17-7-5-4-6-8-17/h4-10,14,22H,3,11-13,15-16H2,1-2H3,(H,27,30)(H2,26,28,29). The third-order valence-corrected chi connectivity index (χ3v) is 4.39. The zero-order valence-electron chi connectivity index (χ0n) is 18.4. The second kappa shape index (κ2) is 13.8. The Bertz CT molecular complexity index is 864. The van der Waals surface area contributed by atoms with Crippen LogP contribution in [0.5, 0.6) is 11.5 Å². The van der Waals surface area contributed by atoms with E-state index in [1.54, 1.807) is 19.2 Å². The Morgan fingerprint density at radius 2 is 1.88 bits per heavy atom. The smallest absolute Gasteiger partial charge is 0.387 e. The van der Waals surface area contributed by atoms with Gasteiger partial charge in [-0.3, -0.25) is 9.79 Å². The number of carbonyl (C=O) groups is 1. The monoisotopic (exact) mass is 448 g/mol. The minimum absolute atomic E-state index is 0.0233. The highest BCUT2D eigenvalue weighted by molar-refractivity contribution is 5.86. The molecule has 0 atom stereocenters. The van der Waals surface area contributed by atoms with E-state index in [0.717, 1.165) is 18.4 Å². The van der Waals surface area contributed by atoms with Crippen LogP contribution in [0.4, 0.5) is 8.78 Å². The summed E-state index contributed by atoms with van der Waals surface area (Å²) in [5.74, 6) is 0.664. The lowest BCUT2D eigenvalue weighted by molar-refractivity contribution is -0.119. The number of nitrogens with zero attached hydrogens (tertiary/aromatic N) is 1. The second-order valence-electron chi connectivity index (χ2n) is 6.86. The van der Waals surface area contributed by atoms with Crippen molar-refractivity contribution in [3.8, 4) is 11.5 Å². The number of carbonyl (C=O) groups excluding carboxylic acids is 1. The molecule has 9 heteroatoms. The molecule has 7 nitrogen and oxygen atoms in total. The van der Waals surface area contributed by atoms with Gasteiger partial charge in [0.2, 0.25) is 5.91 Å². The zero-order valence-corrected chi connectivity index (χ0v) is 18.4. The maximum atomic E-state index is 12.8. The van der Waals surface area contributed by atoms with Crippen molar-refractivity contribution < 1.29 is 23.0 Å². The predicted octanol–water partition coefficient (Wildman–Crippen LogP) is 3.10. The van der Waals surface area contributed by atoms with Crippen LogP contribution in [0, 0.1) is 0 Å². The lowest BCUT2D eigenvalue weighted by atomic mass is 10.1. The summed E-state index contributed by atoms with van der Waals surface area (Å²) in [5.41, 5.74) is 1.65. The number of hydrogen-bond donors (Lipinski definition) is 3. The summed E-state index contributed by atoms with van der Waals surface area (Å²) in [6.45, 7) is 0.209. The first-order valence-electron chi connectivity index (χ1n) is 10.5. The van der Waals surface area contributed by atoms with E-state index in [2.05, 4.69) is 25.7 Å². The molecule has 1 amide bonds. The molecule has 0 unspecified atom stereocenters. The molecule has 0 aliphatic carbocycles. The molecule has 0 aromatic heterocycles. The van der Waals surface area contributed by atoms with Crippen LogP contribution in [-0.2, 0) is 17.8 Å². The topological polar surface area (TPSA) is 84.0 Å². The predicted molar refractivity (Wildman–Crippen MR) is 120 cm³/mol. The van der Waals surface area contributed by atoms with Crippen LogP contribution in [-0.4, -0.2) is 45.2 Å². The number of aliphatic imine (C=N–C) groups is 1. The van der Waals surface area contributed by atoms with Crippen molar-refractivity contribution >= 4 is 11.9 Å². The van der Waals surface area contributed by atoms with E-state index in [1.807, 2.05) is 37.3 Å². The van der Waals surface area contributed by atoms with Crippen molar-refractivity contribution in [3.05, 3.63) is 59.7 Å². The van der Waals surface area contributed by atoms with Gasteiger partial charge >= 0.3 is 6.61 Å². The van der Waals surface area contributed by atoms with E-state index in [4.69, 9.17) is 4.74 Å². The molecule has 32 heavy (non-hydrogen) atoms. The number of guanidine groups is 1. The highest BCUT2D eigenvalue weighted by Gasteiger charge is 2.12. The number of amides is 1. The molecule has 174 valence electrons. The highest BCUT2D eigenvalue weighted by Crippen LogP contribution is 2.26. The SMILES string of the molecule is CCCOc1ccc(CNC(=NC)NCC(=O)NCCc2ccccc2)c(OC(F)F)c1.